The van der Waals surface area contributed by atoms with Gasteiger partial charge in [0.05, 0.1) is 12.1 Å². The number of nitrogens with one attached hydrogen (secondary N) is 2. The fourth-order valence-electron chi connectivity index (χ4n) is 3.23. The molecule has 0 radical (unpaired) electrons. The highest BCUT2D eigenvalue weighted by Crippen LogP contribution is 2.33. The Morgan fingerprint density at radius 2 is 1.76 bits per heavy atom. The predicted molar refractivity (Wildman–Crippen MR) is 116 cm³/mol. The zero-order valence-corrected chi connectivity index (χ0v) is 17.8. The van der Waals surface area contributed by atoms with Crippen molar-refractivity contribution in [1.29, 1.82) is 0 Å². The van der Waals surface area contributed by atoms with E-state index in [1.807, 2.05) is 0 Å². The van der Waals surface area contributed by atoms with Crippen molar-refractivity contribution >= 4 is 16.7 Å². The molecule has 0 saturated carbocycles. The molecule has 1 unspecified atom stereocenters. The third-order valence-corrected chi connectivity index (χ3v) is 4.94. The van der Waals surface area contributed by atoms with Crippen molar-refractivity contribution in [2.75, 3.05) is 13.1 Å². The second-order valence-corrected chi connectivity index (χ2v) is 7.57. The van der Waals surface area contributed by atoms with Crippen LogP contribution in [-0.4, -0.2) is 31.5 Å². The van der Waals surface area contributed by atoms with Gasteiger partial charge in [-0.1, -0.05) is 12.1 Å². The van der Waals surface area contributed by atoms with Crippen LogP contribution in [0.5, 0.6) is 11.5 Å². The Balaban J connectivity index is 1.67. The number of benzene rings is 3. The lowest BCUT2D eigenvalue weighted by molar-refractivity contribution is -0.137. The summed E-state index contributed by atoms with van der Waals surface area (Å²) in [6, 6.07) is 14.4. The maximum absolute atomic E-state index is 12.7. The number of fused-ring (bicyclic) bond motifs is 1. The molecule has 2 N–H and O–H groups in total. The Bertz CT molecular complexity index is 1080. The summed E-state index contributed by atoms with van der Waals surface area (Å²) in [4.78, 5) is 12.6. The third-order valence-electron chi connectivity index (χ3n) is 4.94. The molecule has 0 aromatic heterocycles. The van der Waals surface area contributed by atoms with Crippen LogP contribution in [-0.2, 0) is 6.18 Å². The molecule has 0 aliphatic heterocycles. The third kappa shape index (κ3) is 6.89. The van der Waals surface area contributed by atoms with Crippen LogP contribution in [0.4, 0.5) is 22.0 Å². The predicted octanol–water partition coefficient (Wildman–Crippen LogP) is 6.01. The van der Waals surface area contributed by atoms with Gasteiger partial charge in [0.2, 0.25) is 0 Å². The number of hydrogen-bond acceptors (Lipinski definition) is 3. The number of hydrogen-bond donors (Lipinski definition) is 2. The van der Waals surface area contributed by atoms with Crippen LogP contribution in [0.3, 0.4) is 0 Å². The summed E-state index contributed by atoms with van der Waals surface area (Å²) in [7, 11) is 0. The van der Waals surface area contributed by atoms with Crippen LogP contribution in [0.15, 0.2) is 60.7 Å². The summed E-state index contributed by atoms with van der Waals surface area (Å²) in [6.45, 7) is 1.76. The average Bonchev–Trinajstić information content (AvgIpc) is 2.76. The fourth-order valence-corrected chi connectivity index (χ4v) is 3.23. The van der Waals surface area contributed by atoms with Crippen molar-refractivity contribution < 1.29 is 31.5 Å². The van der Waals surface area contributed by atoms with E-state index in [1.54, 1.807) is 43.3 Å². The summed E-state index contributed by atoms with van der Waals surface area (Å²) in [5, 5.41) is 6.86. The highest BCUT2D eigenvalue weighted by atomic mass is 19.4. The molecular weight excluding hydrogens is 443 g/mol. The molecule has 0 spiro atoms. The first kappa shape index (κ1) is 24.4. The molecule has 0 saturated heterocycles. The molecule has 1 atom stereocenters. The standard InChI is InChI=1S/C24H23F5N2O2/c1-15(11-12-30-14-22(25)26)31-23(32)17-5-10-20-16(13-17)3-2-4-21(20)33-19-8-6-18(7-9-19)24(27,28)29/h2-10,13,15,22,30H,11-12,14H2,1H3,(H,31,32). The molecule has 0 aliphatic carbocycles. The minimum atomic E-state index is -4.42. The van der Waals surface area contributed by atoms with Crippen LogP contribution in [0.2, 0.25) is 0 Å². The van der Waals surface area contributed by atoms with E-state index in [0.29, 0.717) is 29.7 Å². The molecule has 1 amide bonds. The van der Waals surface area contributed by atoms with Gasteiger partial charge in [-0.3, -0.25) is 4.79 Å². The topological polar surface area (TPSA) is 50.4 Å². The van der Waals surface area contributed by atoms with E-state index >= 15 is 0 Å². The second kappa shape index (κ2) is 10.6. The molecular formula is C24H23F5N2O2. The van der Waals surface area contributed by atoms with E-state index in [2.05, 4.69) is 10.6 Å². The monoisotopic (exact) mass is 466 g/mol. The van der Waals surface area contributed by atoms with Crippen LogP contribution in [0, 0.1) is 0 Å². The summed E-state index contributed by atoms with van der Waals surface area (Å²) in [5.74, 6) is 0.400. The van der Waals surface area contributed by atoms with Crippen molar-refractivity contribution in [3.8, 4) is 11.5 Å². The lowest BCUT2D eigenvalue weighted by atomic mass is 10.1. The van der Waals surface area contributed by atoms with Gasteiger partial charge in [-0.25, -0.2) is 8.78 Å². The zero-order valence-electron chi connectivity index (χ0n) is 17.8. The Kier molecular flexibility index (Phi) is 7.86. The van der Waals surface area contributed by atoms with Gasteiger partial charge in [-0.05, 0) is 73.8 Å². The SMILES string of the molecule is CC(CCNCC(F)F)NC(=O)c1ccc2c(Oc3ccc(C(F)(F)F)cc3)cccc2c1. The molecule has 9 heteroatoms. The zero-order chi connectivity index (χ0) is 24.0. The summed E-state index contributed by atoms with van der Waals surface area (Å²) >= 11 is 0. The average molecular weight is 466 g/mol. The first-order valence-corrected chi connectivity index (χ1v) is 10.3. The Labute approximate surface area is 187 Å². The van der Waals surface area contributed by atoms with Gasteiger partial charge in [0.1, 0.15) is 11.5 Å². The summed E-state index contributed by atoms with van der Waals surface area (Å²) < 4.78 is 68.3. The molecule has 0 fully saturated rings. The Morgan fingerprint density at radius 3 is 2.42 bits per heavy atom. The molecule has 3 aromatic rings. The quantitative estimate of drug-likeness (QED) is 0.300. The molecule has 0 aliphatic rings. The maximum atomic E-state index is 12.7. The molecule has 3 rings (SSSR count). The summed E-state index contributed by atoms with van der Waals surface area (Å²) in [6.07, 6.45) is -6.34. The van der Waals surface area contributed by atoms with Gasteiger partial charge in [-0.2, -0.15) is 13.2 Å². The molecule has 0 bridgehead atoms. The van der Waals surface area contributed by atoms with Crippen LogP contribution >= 0.6 is 0 Å². The molecule has 176 valence electrons. The van der Waals surface area contributed by atoms with Crippen LogP contribution in [0.25, 0.3) is 10.8 Å². The van der Waals surface area contributed by atoms with Crippen molar-refractivity contribution in [3.05, 3.63) is 71.8 Å². The number of ether oxygens (including phenoxy) is 1. The largest absolute Gasteiger partial charge is 0.457 e. The van der Waals surface area contributed by atoms with Gasteiger partial charge >= 0.3 is 6.18 Å². The first-order valence-electron chi connectivity index (χ1n) is 10.3. The minimum Gasteiger partial charge on any atom is -0.457 e. The normalized spacial score (nSPS) is 12.7. The van der Waals surface area contributed by atoms with E-state index in [-0.39, 0.29) is 24.2 Å². The lowest BCUT2D eigenvalue weighted by Crippen LogP contribution is -2.35. The number of carbonyl (C=O) groups is 1. The molecule has 4 nitrogen and oxygen atoms in total. The van der Waals surface area contributed by atoms with Gasteiger partial charge in [0, 0.05) is 17.0 Å². The minimum absolute atomic E-state index is 0.215. The van der Waals surface area contributed by atoms with Crippen molar-refractivity contribution in [1.82, 2.24) is 10.6 Å². The Morgan fingerprint density at radius 1 is 1.03 bits per heavy atom. The summed E-state index contributed by atoms with van der Waals surface area (Å²) in [5.41, 5.74) is -0.343. The first-order chi connectivity index (χ1) is 15.6. The lowest BCUT2D eigenvalue weighted by Gasteiger charge is -2.15. The van der Waals surface area contributed by atoms with Gasteiger partial charge in [-0.15, -0.1) is 0 Å². The molecule has 0 heterocycles. The number of halogens is 5. The van der Waals surface area contributed by atoms with Crippen molar-refractivity contribution in [3.63, 3.8) is 0 Å². The second-order valence-electron chi connectivity index (χ2n) is 7.57. The molecule has 33 heavy (non-hydrogen) atoms. The maximum Gasteiger partial charge on any atom is 0.416 e. The molecule has 3 aromatic carbocycles. The van der Waals surface area contributed by atoms with E-state index in [4.69, 9.17) is 4.74 Å². The van der Waals surface area contributed by atoms with Gasteiger partial charge in [0.25, 0.3) is 12.3 Å². The van der Waals surface area contributed by atoms with Crippen LogP contribution in [0.1, 0.15) is 29.3 Å². The van der Waals surface area contributed by atoms with E-state index in [1.165, 1.54) is 12.1 Å². The number of rotatable bonds is 9. The van der Waals surface area contributed by atoms with Gasteiger partial charge < -0.3 is 15.4 Å². The van der Waals surface area contributed by atoms with E-state index < -0.39 is 18.2 Å². The highest BCUT2D eigenvalue weighted by Gasteiger charge is 2.30. The number of alkyl halides is 5. The van der Waals surface area contributed by atoms with E-state index in [0.717, 1.165) is 17.5 Å². The fraction of sp³-hybridized carbons (Fsp3) is 0.292. The van der Waals surface area contributed by atoms with Gasteiger partial charge in [0.15, 0.2) is 0 Å². The number of carbonyl (C=O) groups excluding carboxylic acids is 1. The number of amides is 1. The van der Waals surface area contributed by atoms with E-state index in [9.17, 15) is 26.7 Å². The Hall–Kier alpha value is -3.20. The van der Waals surface area contributed by atoms with Crippen molar-refractivity contribution in [2.24, 2.45) is 0 Å². The highest BCUT2D eigenvalue weighted by molar-refractivity contribution is 6.00. The van der Waals surface area contributed by atoms with Crippen molar-refractivity contribution in [2.45, 2.75) is 32.0 Å². The smallest absolute Gasteiger partial charge is 0.416 e. The van der Waals surface area contributed by atoms with Crippen LogP contribution < -0.4 is 15.4 Å².